The van der Waals surface area contributed by atoms with Gasteiger partial charge in [-0.25, -0.2) is 12.7 Å². The van der Waals surface area contributed by atoms with Crippen molar-refractivity contribution in [2.75, 3.05) is 6.54 Å². The van der Waals surface area contributed by atoms with Gasteiger partial charge in [0.25, 0.3) is 15.9 Å². The fourth-order valence-corrected chi connectivity index (χ4v) is 6.12. The lowest BCUT2D eigenvalue weighted by Gasteiger charge is -2.33. The minimum absolute atomic E-state index is 0.0123. The van der Waals surface area contributed by atoms with Gasteiger partial charge in [-0.1, -0.05) is 79.2 Å². The lowest BCUT2D eigenvalue weighted by molar-refractivity contribution is -0.141. The summed E-state index contributed by atoms with van der Waals surface area (Å²) < 4.78 is 26.9. The highest BCUT2D eigenvalue weighted by molar-refractivity contribution is 7.90. The van der Waals surface area contributed by atoms with Gasteiger partial charge in [0.1, 0.15) is 17.5 Å². The first-order chi connectivity index (χ1) is 18.6. The van der Waals surface area contributed by atoms with Crippen molar-refractivity contribution in [3.8, 4) is 0 Å². The fourth-order valence-electron chi connectivity index (χ4n) is 4.41. The summed E-state index contributed by atoms with van der Waals surface area (Å²) in [4.78, 5) is 41.8. The average Bonchev–Trinajstić information content (AvgIpc) is 3.12. The predicted molar refractivity (Wildman–Crippen MR) is 148 cm³/mol. The van der Waals surface area contributed by atoms with Gasteiger partial charge in [-0.05, 0) is 42.7 Å². The number of fused-ring (bicyclic) bond motifs is 1. The first kappa shape index (κ1) is 28.3. The summed E-state index contributed by atoms with van der Waals surface area (Å²) in [5.41, 5.74) is 1.41. The third-order valence-electron chi connectivity index (χ3n) is 6.76. The molecule has 0 aliphatic carbocycles. The number of sulfonamides is 1. The first-order valence-corrected chi connectivity index (χ1v) is 14.5. The van der Waals surface area contributed by atoms with Crippen LogP contribution in [0, 0.1) is 0 Å². The van der Waals surface area contributed by atoms with Crippen molar-refractivity contribution < 1.29 is 22.8 Å². The molecule has 1 aliphatic heterocycles. The minimum Gasteiger partial charge on any atom is -0.352 e. The summed E-state index contributed by atoms with van der Waals surface area (Å²) in [6.45, 7) is 3.00. The second kappa shape index (κ2) is 12.0. The van der Waals surface area contributed by atoms with Crippen LogP contribution in [0.3, 0.4) is 0 Å². The van der Waals surface area contributed by atoms with E-state index in [1.807, 2.05) is 44.2 Å². The molecule has 0 unspecified atom stereocenters. The van der Waals surface area contributed by atoms with E-state index in [0.717, 1.165) is 5.56 Å². The van der Waals surface area contributed by atoms with E-state index in [1.165, 1.54) is 23.1 Å². The number of rotatable bonds is 10. The van der Waals surface area contributed by atoms with Crippen molar-refractivity contribution in [3.05, 3.63) is 101 Å². The SMILES string of the molecule is CC[C@@H](C)NC(=O)[C@@H](Cc1ccccc1)N(Cc1ccccc1Cl)C(=O)CN1C(=O)c2ccccc2S1(=O)=O. The summed E-state index contributed by atoms with van der Waals surface area (Å²) in [6.07, 6.45) is 0.862. The van der Waals surface area contributed by atoms with E-state index in [0.29, 0.717) is 21.3 Å². The molecular formula is C29H30ClN3O5S. The van der Waals surface area contributed by atoms with Gasteiger partial charge in [0.2, 0.25) is 11.8 Å². The molecule has 0 bridgehead atoms. The molecule has 8 nitrogen and oxygen atoms in total. The Morgan fingerprint density at radius 3 is 2.28 bits per heavy atom. The van der Waals surface area contributed by atoms with E-state index < -0.39 is 34.4 Å². The standard InChI is InChI=1S/C29H30ClN3O5S/c1-3-20(2)31-28(35)25(17-21-11-5-4-6-12-21)32(18-22-13-7-9-15-24(22)30)27(34)19-33-29(36)23-14-8-10-16-26(23)39(33,37)38/h4-16,20,25H,3,17-19H2,1-2H3,(H,31,35)/t20-,25-/m1/s1. The molecule has 3 aromatic carbocycles. The zero-order valence-electron chi connectivity index (χ0n) is 21.7. The average molecular weight is 568 g/mol. The molecule has 39 heavy (non-hydrogen) atoms. The first-order valence-electron chi connectivity index (χ1n) is 12.7. The Bertz CT molecular complexity index is 1480. The molecule has 204 valence electrons. The molecule has 1 heterocycles. The lowest BCUT2D eigenvalue weighted by atomic mass is 10.0. The Morgan fingerprint density at radius 2 is 1.62 bits per heavy atom. The Labute approximate surface area is 233 Å². The van der Waals surface area contributed by atoms with Crippen LogP contribution in [0.2, 0.25) is 5.02 Å². The summed E-state index contributed by atoms with van der Waals surface area (Å²) in [5.74, 6) is -1.85. The highest BCUT2D eigenvalue weighted by Crippen LogP contribution is 2.30. The highest BCUT2D eigenvalue weighted by atomic mass is 35.5. The van der Waals surface area contributed by atoms with Crippen molar-refractivity contribution in [1.82, 2.24) is 14.5 Å². The van der Waals surface area contributed by atoms with Crippen molar-refractivity contribution in [2.45, 2.75) is 50.2 Å². The number of hydrogen-bond acceptors (Lipinski definition) is 5. The fraction of sp³-hybridized carbons (Fsp3) is 0.276. The van der Waals surface area contributed by atoms with Gasteiger partial charge in [0, 0.05) is 24.0 Å². The molecule has 1 N–H and O–H groups in total. The summed E-state index contributed by atoms with van der Waals surface area (Å²) >= 11 is 6.42. The van der Waals surface area contributed by atoms with Crippen LogP contribution in [0.15, 0.2) is 83.8 Å². The molecule has 10 heteroatoms. The van der Waals surface area contributed by atoms with E-state index >= 15 is 0 Å². The van der Waals surface area contributed by atoms with Crippen molar-refractivity contribution >= 4 is 39.3 Å². The third-order valence-corrected chi connectivity index (χ3v) is 8.92. The van der Waals surface area contributed by atoms with Crippen LogP contribution in [-0.2, 0) is 32.6 Å². The summed E-state index contributed by atoms with van der Waals surface area (Å²) in [7, 11) is -4.22. The number of carbonyl (C=O) groups excluding carboxylic acids is 3. The number of nitrogens with one attached hydrogen (secondary N) is 1. The normalized spacial score (nSPS) is 15.4. The Morgan fingerprint density at radius 1 is 0.974 bits per heavy atom. The smallest absolute Gasteiger partial charge is 0.269 e. The van der Waals surface area contributed by atoms with Crippen molar-refractivity contribution in [1.29, 1.82) is 0 Å². The van der Waals surface area contributed by atoms with Gasteiger partial charge in [-0.2, -0.15) is 0 Å². The molecule has 4 rings (SSSR count). The maximum absolute atomic E-state index is 13.9. The van der Waals surface area contributed by atoms with Crippen LogP contribution in [0.4, 0.5) is 0 Å². The molecule has 2 atom stereocenters. The van der Waals surface area contributed by atoms with Gasteiger partial charge in [0.15, 0.2) is 0 Å². The van der Waals surface area contributed by atoms with E-state index in [9.17, 15) is 22.8 Å². The van der Waals surface area contributed by atoms with Gasteiger partial charge in [-0.15, -0.1) is 0 Å². The van der Waals surface area contributed by atoms with E-state index in [4.69, 9.17) is 11.6 Å². The monoisotopic (exact) mass is 567 g/mol. The Kier molecular flexibility index (Phi) is 8.72. The molecule has 3 amide bonds. The number of hydrogen-bond donors (Lipinski definition) is 1. The van der Waals surface area contributed by atoms with Gasteiger partial charge >= 0.3 is 0 Å². The van der Waals surface area contributed by atoms with Crippen molar-refractivity contribution in [2.24, 2.45) is 0 Å². The third kappa shape index (κ3) is 6.15. The Balaban J connectivity index is 1.73. The second-order valence-corrected chi connectivity index (χ2v) is 11.7. The van der Waals surface area contributed by atoms with Crippen LogP contribution in [-0.4, -0.2) is 54.0 Å². The quantitative estimate of drug-likeness (QED) is 0.398. The number of carbonyl (C=O) groups is 3. The maximum atomic E-state index is 13.9. The zero-order valence-corrected chi connectivity index (χ0v) is 23.3. The van der Waals surface area contributed by atoms with E-state index in [1.54, 1.807) is 30.3 Å². The molecule has 3 aromatic rings. The summed E-state index contributed by atoms with van der Waals surface area (Å²) in [6, 6.07) is 20.9. The number of halogens is 1. The van der Waals surface area contributed by atoms with Crippen molar-refractivity contribution in [3.63, 3.8) is 0 Å². The van der Waals surface area contributed by atoms with E-state index in [-0.39, 0.29) is 35.4 Å². The molecular weight excluding hydrogens is 538 g/mol. The van der Waals surface area contributed by atoms with Crippen LogP contribution >= 0.6 is 11.6 Å². The molecule has 0 fully saturated rings. The molecule has 0 saturated carbocycles. The van der Waals surface area contributed by atoms with Crippen LogP contribution in [0.25, 0.3) is 0 Å². The number of amides is 3. The molecule has 1 aliphatic rings. The van der Waals surface area contributed by atoms with E-state index in [2.05, 4.69) is 5.32 Å². The van der Waals surface area contributed by atoms with Gasteiger partial charge < -0.3 is 10.2 Å². The largest absolute Gasteiger partial charge is 0.352 e. The molecule has 0 aromatic heterocycles. The molecule has 0 saturated heterocycles. The minimum atomic E-state index is -4.22. The maximum Gasteiger partial charge on any atom is 0.269 e. The Hall–Kier alpha value is -3.69. The highest BCUT2D eigenvalue weighted by Gasteiger charge is 2.43. The van der Waals surface area contributed by atoms with Crippen LogP contribution in [0.5, 0.6) is 0 Å². The zero-order chi connectivity index (χ0) is 28.2. The van der Waals surface area contributed by atoms with Crippen LogP contribution < -0.4 is 5.32 Å². The lowest BCUT2D eigenvalue weighted by Crippen LogP contribution is -2.54. The number of benzene rings is 3. The van der Waals surface area contributed by atoms with Gasteiger partial charge in [-0.3, -0.25) is 14.4 Å². The predicted octanol–water partition coefficient (Wildman–Crippen LogP) is 4.04. The molecule has 0 radical (unpaired) electrons. The summed E-state index contributed by atoms with van der Waals surface area (Å²) in [5, 5.41) is 3.35. The number of nitrogens with zero attached hydrogens (tertiary/aromatic N) is 2. The topological polar surface area (TPSA) is 104 Å². The van der Waals surface area contributed by atoms with Gasteiger partial charge in [0.05, 0.1) is 5.56 Å². The second-order valence-electron chi connectivity index (χ2n) is 9.45. The van der Waals surface area contributed by atoms with Crippen LogP contribution in [0.1, 0.15) is 41.8 Å². The molecule has 0 spiro atoms.